The van der Waals surface area contributed by atoms with Gasteiger partial charge in [0.2, 0.25) is 0 Å². The van der Waals surface area contributed by atoms with Crippen LogP contribution >= 0.6 is 0 Å². The van der Waals surface area contributed by atoms with E-state index in [0.717, 1.165) is 25.2 Å². The van der Waals surface area contributed by atoms with Crippen molar-refractivity contribution in [2.45, 2.75) is 104 Å². The molecule has 7 atom stereocenters. The molecule has 0 spiro atoms. The molecule has 198 valence electrons. The molecule has 2 N–H and O–H groups in total. The van der Waals surface area contributed by atoms with Crippen molar-refractivity contribution in [3.8, 4) is 5.75 Å². The second-order valence-electron chi connectivity index (χ2n) is 12.2. The van der Waals surface area contributed by atoms with E-state index in [2.05, 4.69) is 64.1 Å². The minimum Gasteiger partial charge on any atom is -0.508 e. The van der Waals surface area contributed by atoms with Gasteiger partial charge in [-0.1, -0.05) is 83.4 Å². The van der Waals surface area contributed by atoms with Crippen molar-refractivity contribution in [2.24, 2.45) is 29.6 Å². The number of ether oxygens (including phenoxy) is 1. The monoisotopic (exact) mass is 492 g/mol. The zero-order chi connectivity index (χ0) is 25.7. The van der Waals surface area contributed by atoms with Gasteiger partial charge in [0, 0.05) is 0 Å². The summed E-state index contributed by atoms with van der Waals surface area (Å²) in [4.78, 5) is 0. The lowest BCUT2D eigenvalue weighted by Gasteiger charge is -2.43. The van der Waals surface area contributed by atoms with Gasteiger partial charge in [-0.15, -0.1) is 0 Å². The van der Waals surface area contributed by atoms with Gasteiger partial charge >= 0.3 is 0 Å². The van der Waals surface area contributed by atoms with Crippen LogP contribution in [-0.4, -0.2) is 22.4 Å². The quantitative estimate of drug-likeness (QED) is 0.394. The highest BCUT2D eigenvalue weighted by Gasteiger charge is 2.41. The molecule has 1 fully saturated rings. The van der Waals surface area contributed by atoms with Crippen molar-refractivity contribution < 1.29 is 14.9 Å². The van der Waals surface area contributed by atoms with Crippen LogP contribution in [0.4, 0.5) is 0 Å². The lowest BCUT2D eigenvalue weighted by Crippen LogP contribution is -2.39. The van der Waals surface area contributed by atoms with Crippen LogP contribution in [0.25, 0.3) is 0 Å². The van der Waals surface area contributed by atoms with Crippen LogP contribution in [0.15, 0.2) is 48.5 Å². The number of benzene rings is 2. The summed E-state index contributed by atoms with van der Waals surface area (Å²) in [5, 5.41) is 20.6. The Morgan fingerprint density at radius 3 is 2.47 bits per heavy atom. The smallest absolute Gasteiger partial charge is 0.115 e. The number of fused-ring (bicyclic) bond motifs is 3. The number of hydrogen-bond acceptors (Lipinski definition) is 3. The number of aromatic hydroxyl groups is 1. The summed E-state index contributed by atoms with van der Waals surface area (Å²) in [5.41, 5.74) is 3.94. The van der Waals surface area contributed by atoms with E-state index in [4.69, 9.17) is 4.74 Å². The second-order valence-corrected chi connectivity index (χ2v) is 12.2. The van der Waals surface area contributed by atoms with E-state index in [1.807, 2.05) is 12.1 Å². The van der Waals surface area contributed by atoms with Crippen molar-refractivity contribution in [2.75, 3.05) is 0 Å². The molecule has 2 aliphatic carbocycles. The third-order valence-electron chi connectivity index (χ3n) is 9.38. The minimum absolute atomic E-state index is 0.176. The molecule has 1 saturated carbocycles. The average Bonchev–Trinajstić information content (AvgIpc) is 2.95. The molecule has 2 aromatic rings. The van der Waals surface area contributed by atoms with Crippen molar-refractivity contribution in [3.05, 3.63) is 65.2 Å². The van der Waals surface area contributed by atoms with E-state index >= 15 is 0 Å². The Bertz CT molecular complexity index is 939. The number of phenols is 1. The molecule has 0 aromatic heterocycles. The van der Waals surface area contributed by atoms with E-state index in [1.54, 1.807) is 0 Å². The molecular weight excluding hydrogens is 444 g/mol. The first-order valence-corrected chi connectivity index (χ1v) is 14.5. The largest absolute Gasteiger partial charge is 0.508 e. The molecule has 0 saturated heterocycles. The summed E-state index contributed by atoms with van der Waals surface area (Å²) in [6.45, 7) is 9.75. The van der Waals surface area contributed by atoms with E-state index in [-0.39, 0.29) is 12.2 Å². The molecule has 2 aliphatic rings. The SMILES string of the molecule is CC(C)C(O)CCC(C)C1CCCC2c3ccc(O)cc3CC(OCc3ccccc3)C2C(C)CC1. The Kier molecular flexibility index (Phi) is 9.52. The summed E-state index contributed by atoms with van der Waals surface area (Å²) in [5.74, 6) is 3.67. The summed E-state index contributed by atoms with van der Waals surface area (Å²) < 4.78 is 6.69. The van der Waals surface area contributed by atoms with E-state index in [9.17, 15) is 10.2 Å². The van der Waals surface area contributed by atoms with Gasteiger partial charge < -0.3 is 14.9 Å². The maximum Gasteiger partial charge on any atom is 0.115 e. The molecular formula is C33H48O3. The molecule has 0 heterocycles. The van der Waals surface area contributed by atoms with Gasteiger partial charge in [0.05, 0.1) is 18.8 Å². The maximum absolute atomic E-state index is 10.3. The zero-order valence-corrected chi connectivity index (χ0v) is 22.9. The van der Waals surface area contributed by atoms with Gasteiger partial charge in [0.1, 0.15) is 5.75 Å². The van der Waals surface area contributed by atoms with Gasteiger partial charge in [-0.2, -0.15) is 0 Å². The average molecular weight is 493 g/mol. The third kappa shape index (κ3) is 6.72. The van der Waals surface area contributed by atoms with Crippen LogP contribution in [-0.2, 0) is 17.8 Å². The highest BCUT2D eigenvalue weighted by atomic mass is 16.5. The van der Waals surface area contributed by atoms with E-state index < -0.39 is 0 Å². The standard InChI is InChI=1S/C33H48O3/c1-22(2)31(35)18-14-23(3)26-11-8-12-30-29-17-16-28(34)19-27(29)20-32(33(30)24(4)13-15-26)36-21-25-9-6-5-7-10-25/h5-7,9-10,16-17,19,22-24,26,30-35H,8,11-15,18,20-21H2,1-4H3. The molecule has 0 amide bonds. The first kappa shape index (κ1) is 27.2. The van der Waals surface area contributed by atoms with Crippen molar-refractivity contribution in [1.29, 1.82) is 0 Å². The molecule has 7 unspecified atom stereocenters. The predicted octanol–water partition coefficient (Wildman–Crippen LogP) is 7.88. The topological polar surface area (TPSA) is 49.7 Å². The fourth-order valence-corrected chi connectivity index (χ4v) is 6.99. The Morgan fingerprint density at radius 2 is 1.72 bits per heavy atom. The normalized spacial score (nSPS) is 28.3. The number of hydrogen-bond donors (Lipinski definition) is 2. The molecule has 4 rings (SSSR count). The number of aliphatic hydroxyl groups excluding tert-OH is 1. The molecule has 2 aromatic carbocycles. The Hall–Kier alpha value is -1.84. The minimum atomic E-state index is -0.180. The predicted molar refractivity (Wildman–Crippen MR) is 148 cm³/mol. The molecule has 0 radical (unpaired) electrons. The van der Waals surface area contributed by atoms with Gasteiger partial charge in [0.25, 0.3) is 0 Å². The van der Waals surface area contributed by atoms with Gasteiger partial charge in [0.15, 0.2) is 0 Å². The van der Waals surface area contributed by atoms with Crippen LogP contribution in [0, 0.1) is 29.6 Å². The summed E-state index contributed by atoms with van der Waals surface area (Å²) in [6, 6.07) is 16.6. The lowest BCUT2D eigenvalue weighted by atomic mass is 9.66. The molecule has 3 heteroatoms. The second kappa shape index (κ2) is 12.6. The summed E-state index contributed by atoms with van der Waals surface area (Å²) >= 11 is 0. The van der Waals surface area contributed by atoms with Crippen LogP contribution < -0.4 is 0 Å². The van der Waals surface area contributed by atoms with Crippen LogP contribution in [0.5, 0.6) is 5.75 Å². The van der Waals surface area contributed by atoms with Crippen molar-refractivity contribution >= 4 is 0 Å². The Morgan fingerprint density at radius 1 is 0.944 bits per heavy atom. The molecule has 0 bridgehead atoms. The highest BCUT2D eigenvalue weighted by Crippen LogP contribution is 2.48. The van der Waals surface area contributed by atoms with Crippen molar-refractivity contribution in [1.82, 2.24) is 0 Å². The zero-order valence-electron chi connectivity index (χ0n) is 22.9. The fraction of sp³-hybridized carbons (Fsp3) is 0.636. The number of phenolic OH excluding ortho intramolecular Hbond substituents is 1. The number of rotatable bonds is 8. The number of aliphatic hydroxyl groups is 1. The molecule has 36 heavy (non-hydrogen) atoms. The van der Waals surface area contributed by atoms with Gasteiger partial charge in [-0.3, -0.25) is 0 Å². The highest BCUT2D eigenvalue weighted by molar-refractivity contribution is 5.40. The first-order valence-electron chi connectivity index (χ1n) is 14.5. The Balaban J connectivity index is 1.51. The van der Waals surface area contributed by atoms with Gasteiger partial charge in [-0.25, -0.2) is 0 Å². The molecule has 3 nitrogen and oxygen atoms in total. The third-order valence-corrected chi connectivity index (χ3v) is 9.38. The lowest BCUT2D eigenvalue weighted by molar-refractivity contribution is -0.0332. The fourth-order valence-electron chi connectivity index (χ4n) is 6.99. The summed E-state index contributed by atoms with van der Waals surface area (Å²) in [7, 11) is 0. The van der Waals surface area contributed by atoms with E-state index in [1.165, 1.54) is 48.8 Å². The van der Waals surface area contributed by atoms with Gasteiger partial charge in [-0.05, 0) is 96.4 Å². The molecule has 0 aliphatic heterocycles. The van der Waals surface area contributed by atoms with E-state index in [0.29, 0.717) is 41.9 Å². The maximum atomic E-state index is 10.3. The summed E-state index contributed by atoms with van der Waals surface area (Å²) in [6.07, 6.45) is 9.14. The van der Waals surface area contributed by atoms with Crippen LogP contribution in [0.1, 0.15) is 95.2 Å². The van der Waals surface area contributed by atoms with Crippen LogP contribution in [0.2, 0.25) is 0 Å². The van der Waals surface area contributed by atoms with Crippen LogP contribution in [0.3, 0.4) is 0 Å². The van der Waals surface area contributed by atoms with Crippen molar-refractivity contribution in [3.63, 3.8) is 0 Å². The Labute approximate surface area is 219 Å². The first-order chi connectivity index (χ1) is 17.3.